The first-order valence-corrected chi connectivity index (χ1v) is 6.79. The molecule has 2 aromatic rings. The molecule has 0 saturated carbocycles. The highest BCUT2D eigenvalue weighted by atomic mass is 35.5. The van der Waals surface area contributed by atoms with Gasteiger partial charge in [0.1, 0.15) is 11.3 Å². The van der Waals surface area contributed by atoms with Gasteiger partial charge in [-0.15, -0.1) is 11.6 Å². The topological polar surface area (TPSA) is 41.9 Å². The van der Waals surface area contributed by atoms with Crippen LogP contribution in [-0.2, 0) is 0 Å². The fraction of sp³-hybridized carbons (Fsp3) is 0.462. The number of alkyl halides is 1. The van der Waals surface area contributed by atoms with Crippen molar-refractivity contribution in [3.05, 3.63) is 24.5 Å². The smallest absolute Gasteiger partial charge is 0.180 e. The van der Waals surface area contributed by atoms with Crippen LogP contribution in [0.3, 0.4) is 0 Å². The number of aromatic nitrogens is 3. The first-order chi connectivity index (χ1) is 8.86. The summed E-state index contributed by atoms with van der Waals surface area (Å²) >= 11 is 5.80. The first-order valence-electron chi connectivity index (χ1n) is 6.25. The molecule has 0 radical (unpaired) electrons. The van der Waals surface area contributed by atoms with Crippen LogP contribution in [0.5, 0.6) is 0 Å². The minimum atomic E-state index is 0.696. The molecule has 2 aromatic heterocycles. The monoisotopic (exact) mass is 262 g/mol. The van der Waals surface area contributed by atoms with Gasteiger partial charge >= 0.3 is 0 Å². The van der Waals surface area contributed by atoms with Crippen LogP contribution in [0, 0.1) is 5.92 Å². The van der Waals surface area contributed by atoms with Crippen molar-refractivity contribution in [3.63, 3.8) is 0 Å². The number of hydrogen-bond donors (Lipinski definition) is 0. The SMILES string of the molecule is ClCCC1CCN(c2ccc3nccnc3n2)C1. The molecule has 0 aliphatic carbocycles. The second kappa shape index (κ2) is 5.06. The van der Waals surface area contributed by atoms with Gasteiger partial charge in [0.15, 0.2) is 5.65 Å². The third-order valence-electron chi connectivity index (χ3n) is 3.44. The Bertz CT molecular complexity index is 545. The van der Waals surface area contributed by atoms with Crippen LogP contribution in [0.4, 0.5) is 5.82 Å². The number of fused-ring (bicyclic) bond motifs is 1. The van der Waals surface area contributed by atoms with E-state index in [4.69, 9.17) is 11.6 Å². The summed E-state index contributed by atoms with van der Waals surface area (Å²) in [6.45, 7) is 2.10. The number of hydrogen-bond acceptors (Lipinski definition) is 4. The molecule has 18 heavy (non-hydrogen) atoms. The van der Waals surface area contributed by atoms with E-state index in [1.807, 2.05) is 12.1 Å². The van der Waals surface area contributed by atoms with Gasteiger partial charge in [-0.1, -0.05) is 0 Å². The van der Waals surface area contributed by atoms with Crippen LogP contribution < -0.4 is 4.90 Å². The summed E-state index contributed by atoms with van der Waals surface area (Å²) in [7, 11) is 0. The minimum absolute atomic E-state index is 0.696. The maximum absolute atomic E-state index is 5.80. The van der Waals surface area contributed by atoms with Gasteiger partial charge in [0, 0.05) is 31.4 Å². The van der Waals surface area contributed by atoms with E-state index in [0.717, 1.165) is 42.4 Å². The van der Waals surface area contributed by atoms with Crippen molar-refractivity contribution in [3.8, 4) is 0 Å². The lowest BCUT2D eigenvalue weighted by molar-refractivity contribution is 0.572. The van der Waals surface area contributed by atoms with E-state index in [9.17, 15) is 0 Å². The van der Waals surface area contributed by atoms with Gasteiger partial charge in [0.25, 0.3) is 0 Å². The second-order valence-corrected chi connectivity index (χ2v) is 5.02. The molecule has 0 N–H and O–H groups in total. The number of anilines is 1. The number of halogens is 1. The molecule has 0 bridgehead atoms. The largest absolute Gasteiger partial charge is 0.356 e. The van der Waals surface area contributed by atoms with E-state index in [-0.39, 0.29) is 0 Å². The van der Waals surface area contributed by atoms with Gasteiger partial charge in [-0.25, -0.2) is 9.97 Å². The fourth-order valence-corrected chi connectivity index (χ4v) is 2.76. The molecule has 1 unspecified atom stereocenters. The van der Waals surface area contributed by atoms with Crippen molar-refractivity contribution < 1.29 is 0 Å². The minimum Gasteiger partial charge on any atom is -0.356 e. The summed E-state index contributed by atoms with van der Waals surface area (Å²) in [4.78, 5) is 15.4. The van der Waals surface area contributed by atoms with Crippen molar-refractivity contribution in [1.29, 1.82) is 0 Å². The first kappa shape index (κ1) is 11.7. The molecule has 1 atom stereocenters. The highest BCUT2D eigenvalue weighted by Crippen LogP contribution is 2.25. The van der Waals surface area contributed by atoms with Gasteiger partial charge in [-0.05, 0) is 30.9 Å². The zero-order valence-electron chi connectivity index (χ0n) is 10.1. The van der Waals surface area contributed by atoms with E-state index in [0.29, 0.717) is 5.92 Å². The molecular formula is C13H15ClN4. The maximum atomic E-state index is 5.80. The zero-order chi connectivity index (χ0) is 12.4. The predicted octanol–water partition coefficient (Wildman–Crippen LogP) is 2.48. The lowest BCUT2D eigenvalue weighted by Gasteiger charge is -2.17. The third-order valence-corrected chi connectivity index (χ3v) is 3.66. The lowest BCUT2D eigenvalue weighted by Crippen LogP contribution is -2.20. The standard InChI is InChI=1S/C13H15ClN4/c14-5-3-10-4-8-18(9-10)12-2-1-11-13(17-12)16-7-6-15-11/h1-2,6-7,10H,3-5,8-9H2. The summed E-state index contributed by atoms with van der Waals surface area (Å²) in [5, 5.41) is 0. The predicted molar refractivity (Wildman–Crippen MR) is 73.0 cm³/mol. The quantitative estimate of drug-likeness (QED) is 0.797. The highest BCUT2D eigenvalue weighted by molar-refractivity contribution is 6.17. The van der Waals surface area contributed by atoms with Gasteiger partial charge in [-0.3, -0.25) is 4.98 Å². The number of pyridine rings is 1. The van der Waals surface area contributed by atoms with Crippen molar-refractivity contribution in [2.75, 3.05) is 23.9 Å². The Labute approximate surface area is 111 Å². The summed E-state index contributed by atoms with van der Waals surface area (Å²) in [5.41, 5.74) is 1.56. The normalized spacial score (nSPS) is 19.6. The van der Waals surface area contributed by atoms with E-state index in [1.165, 1.54) is 6.42 Å². The van der Waals surface area contributed by atoms with Crippen LogP contribution in [0.25, 0.3) is 11.2 Å². The molecule has 1 aliphatic rings. The van der Waals surface area contributed by atoms with Gasteiger partial charge < -0.3 is 4.90 Å². The Hall–Kier alpha value is -1.42. The van der Waals surface area contributed by atoms with E-state index in [2.05, 4.69) is 19.9 Å². The molecule has 0 aromatic carbocycles. The van der Waals surface area contributed by atoms with E-state index in [1.54, 1.807) is 12.4 Å². The molecule has 3 heterocycles. The zero-order valence-corrected chi connectivity index (χ0v) is 10.8. The molecule has 4 nitrogen and oxygen atoms in total. The molecule has 5 heteroatoms. The average Bonchev–Trinajstić information content (AvgIpc) is 2.87. The summed E-state index contributed by atoms with van der Waals surface area (Å²) in [6, 6.07) is 4.01. The Morgan fingerprint density at radius 2 is 2.17 bits per heavy atom. The molecule has 1 aliphatic heterocycles. The van der Waals surface area contributed by atoms with Crippen LogP contribution >= 0.6 is 11.6 Å². The lowest BCUT2D eigenvalue weighted by atomic mass is 10.1. The second-order valence-electron chi connectivity index (χ2n) is 4.65. The molecule has 3 rings (SSSR count). The van der Waals surface area contributed by atoms with Crippen LogP contribution in [0.2, 0.25) is 0 Å². The van der Waals surface area contributed by atoms with Gasteiger partial charge in [0.05, 0.1) is 0 Å². The van der Waals surface area contributed by atoms with Crippen molar-refractivity contribution in [2.45, 2.75) is 12.8 Å². The number of nitrogens with zero attached hydrogens (tertiary/aromatic N) is 4. The van der Waals surface area contributed by atoms with Crippen LogP contribution in [-0.4, -0.2) is 33.9 Å². The summed E-state index contributed by atoms with van der Waals surface area (Å²) in [5.74, 6) is 2.44. The summed E-state index contributed by atoms with van der Waals surface area (Å²) in [6.07, 6.45) is 5.66. The maximum Gasteiger partial charge on any atom is 0.180 e. The van der Waals surface area contributed by atoms with Crippen molar-refractivity contribution in [1.82, 2.24) is 15.0 Å². The van der Waals surface area contributed by atoms with Crippen molar-refractivity contribution in [2.24, 2.45) is 5.92 Å². The van der Waals surface area contributed by atoms with Gasteiger partial charge in [0.2, 0.25) is 0 Å². The molecule has 1 saturated heterocycles. The molecule has 0 amide bonds. The number of rotatable bonds is 3. The Balaban J connectivity index is 1.82. The highest BCUT2D eigenvalue weighted by Gasteiger charge is 2.23. The third kappa shape index (κ3) is 2.25. The Morgan fingerprint density at radius 3 is 3.06 bits per heavy atom. The average molecular weight is 263 g/mol. The van der Waals surface area contributed by atoms with E-state index < -0.39 is 0 Å². The molecule has 94 valence electrons. The van der Waals surface area contributed by atoms with Crippen LogP contribution in [0.15, 0.2) is 24.5 Å². The van der Waals surface area contributed by atoms with Crippen LogP contribution in [0.1, 0.15) is 12.8 Å². The summed E-state index contributed by atoms with van der Waals surface area (Å²) < 4.78 is 0. The molecular weight excluding hydrogens is 248 g/mol. The van der Waals surface area contributed by atoms with E-state index >= 15 is 0 Å². The van der Waals surface area contributed by atoms with Gasteiger partial charge in [-0.2, -0.15) is 0 Å². The molecule has 1 fully saturated rings. The molecule has 0 spiro atoms. The Kier molecular flexibility index (Phi) is 3.28. The van der Waals surface area contributed by atoms with Crippen molar-refractivity contribution >= 4 is 28.6 Å². The Morgan fingerprint density at radius 1 is 1.28 bits per heavy atom. The fourth-order valence-electron chi connectivity index (χ4n) is 2.45.